The van der Waals surface area contributed by atoms with E-state index in [-0.39, 0.29) is 12.5 Å². The van der Waals surface area contributed by atoms with E-state index in [1.807, 2.05) is 6.08 Å². The average molecular weight is 1190 g/mol. The predicted molar refractivity (Wildman–Crippen MR) is 364 cm³/mol. The lowest BCUT2D eigenvalue weighted by Gasteiger charge is -2.40. The highest BCUT2D eigenvalue weighted by Crippen LogP contribution is 2.23. The Morgan fingerprint density at radius 1 is 0.412 bits per heavy atom. The van der Waals surface area contributed by atoms with Gasteiger partial charge in [0.05, 0.1) is 25.4 Å². The van der Waals surface area contributed by atoms with Crippen LogP contribution in [0.15, 0.2) is 85.1 Å². The first-order valence-corrected chi connectivity index (χ1v) is 36.3. The molecule has 9 heteroatoms. The number of ether oxygens (including phenoxy) is 2. The van der Waals surface area contributed by atoms with Gasteiger partial charge in [-0.3, -0.25) is 4.79 Å². The summed E-state index contributed by atoms with van der Waals surface area (Å²) in [6, 6.07) is -0.833. The van der Waals surface area contributed by atoms with Crippen LogP contribution in [0, 0.1) is 0 Å². The number of allylic oxidation sites excluding steroid dienone is 13. The lowest BCUT2D eigenvalue weighted by atomic mass is 9.99. The van der Waals surface area contributed by atoms with Gasteiger partial charge in [-0.05, 0) is 83.5 Å². The highest BCUT2D eigenvalue weighted by molar-refractivity contribution is 5.76. The van der Waals surface area contributed by atoms with Crippen LogP contribution >= 0.6 is 0 Å². The fourth-order valence-corrected chi connectivity index (χ4v) is 11.3. The molecule has 85 heavy (non-hydrogen) atoms. The smallest absolute Gasteiger partial charge is 0.220 e. The minimum absolute atomic E-state index is 0.188. The minimum Gasteiger partial charge on any atom is -0.394 e. The molecule has 1 aliphatic heterocycles. The first-order valence-electron chi connectivity index (χ1n) is 36.3. The lowest BCUT2D eigenvalue weighted by Crippen LogP contribution is -2.60. The van der Waals surface area contributed by atoms with E-state index in [2.05, 4.69) is 92.1 Å². The van der Waals surface area contributed by atoms with Gasteiger partial charge in [0.1, 0.15) is 24.4 Å². The zero-order chi connectivity index (χ0) is 61.4. The van der Waals surface area contributed by atoms with E-state index in [9.17, 15) is 30.3 Å². The van der Waals surface area contributed by atoms with Crippen LogP contribution in [0.25, 0.3) is 0 Å². The summed E-state index contributed by atoms with van der Waals surface area (Å²) in [5, 5.41) is 54.8. The largest absolute Gasteiger partial charge is 0.394 e. The van der Waals surface area contributed by atoms with Gasteiger partial charge in [0.2, 0.25) is 5.91 Å². The molecule has 0 bridgehead atoms. The Labute approximate surface area is 524 Å². The van der Waals surface area contributed by atoms with E-state index in [0.717, 1.165) is 70.6 Å². The number of hydrogen-bond donors (Lipinski definition) is 6. The Kier molecular flexibility index (Phi) is 60.9. The van der Waals surface area contributed by atoms with Gasteiger partial charge in [-0.25, -0.2) is 0 Å². The zero-order valence-corrected chi connectivity index (χ0v) is 55.4. The highest BCUT2D eigenvalue weighted by Gasteiger charge is 2.44. The second-order valence-corrected chi connectivity index (χ2v) is 25.0. The Balaban J connectivity index is 2.15. The van der Waals surface area contributed by atoms with Crippen molar-refractivity contribution >= 4 is 5.91 Å². The molecule has 1 amide bonds. The third kappa shape index (κ3) is 53.0. The third-order valence-corrected chi connectivity index (χ3v) is 16.9. The van der Waals surface area contributed by atoms with E-state index < -0.39 is 49.5 Å². The second kappa shape index (κ2) is 64.4. The molecule has 1 fully saturated rings. The summed E-state index contributed by atoms with van der Waals surface area (Å²) >= 11 is 0. The van der Waals surface area contributed by atoms with Gasteiger partial charge in [0.25, 0.3) is 0 Å². The van der Waals surface area contributed by atoms with Crippen molar-refractivity contribution in [1.82, 2.24) is 5.32 Å². The molecule has 1 rings (SSSR count). The number of carbonyl (C=O) groups is 1. The number of nitrogens with one attached hydrogen (secondary N) is 1. The Morgan fingerprint density at radius 3 is 1.13 bits per heavy atom. The first kappa shape index (κ1) is 80.4. The molecule has 7 unspecified atom stereocenters. The third-order valence-electron chi connectivity index (χ3n) is 16.9. The van der Waals surface area contributed by atoms with Crippen molar-refractivity contribution in [2.24, 2.45) is 0 Å². The summed E-state index contributed by atoms with van der Waals surface area (Å²) in [6.07, 6.45) is 85.6. The van der Waals surface area contributed by atoms with Gasteiger partial charge >= 0.3 is 0 Å². The van der Waals surface area contributed by atoms with Crippen LogP contribution in [-0.4, -0.2) is 87.5 Å². The number of aliphatic hydroxyl groups is 5. The molecule has 1 heterocycles. The van der Waals surface area contributed by atoms with E-state index in [1.165, 1.54) is 244 Å². The van der Waals surface area contributed by atoms with Crippen molar-refractivity contribution in [1.29, 1.82) is 0 Å². The Bertz CT molecular complexity index is 1620. The van der Waals surface area contributed by atoms with Gasteiger partial charge in [-0.15, -0.1) is 0 Å². The molecule has 6 N–H and O–H groups in total. The minimum atomic E-state index is -1.58. The highest BCUT2D eigenvalue weighted by atomic mass is 16.7. The molecular weight excluding hydrogens is 1050 g/mol. The number of aliphatic hydroxyl groups excluding tert-OH is 5. The standard InChI is InChI=1S/C76H137NO8/c1-3-5-7-9-11-13-15-17-19-21-23-25-27-29-31-33-35-37-39-41-43-45-47-49-51-53-55-57-59-61-63-65-70(79)69(68-84-76-75(83)74(82)73(81)71(67-78)85-76)77-72(80)66-64-62-60-58-56-54-52-50-48-46-44-42-40-38-36-34-32-30-28-26-24-22-20-18-16-14-12-10-8-6-4-2/h6,8,12,14,18,20,24,26,47,49,55,57,63,65,69-71,73-76,78-79,81-83H,3-5,7,9-11,13,15-17,19,21-23,25,27-46,48,50-54,56,58-62,64,66-68H2,1-2H3,(H,77,80)/b8-6-,14-12-,20-18-,26-24-,49-47+,57-55+,65-63+. The molecule has 0 radical (unpaired) electrons. The molecule has 0 aromatic carbocycles. The first-order chi connectivity index (χ1) is 41.8. The molecule has 0 aromatic rings. The number of unbranched alkanes of at least 4 members (excludes halogenated alkanes) is 41. The van der Waals surface area contributed by atoms with Gasteiger partial charge in [0.15, 0.2) is 6.29 Å². The van der Waals surface area contributed by atoms with E-state index in [0.29, 0.717) is 6.42 Å². The quantitative estimate of drug-likeness (QED) is 0.0261. The summed E-state index contributed by atoms with van der Waals surface area (Å²) < 4.78 is 11.3. The SMILES string of the molecule is CC/C=C\C/C=C\C/C=C\C/C=C\CCCCCCCCCCCCCCCCCCCCC(=O)NC(COC1OC(CO)C(O)C(O)C1O)C(O)/C=C/CC/C=C/CC/C=C/CCCCCCCCCCCCCCCCCCCCCCC. The van der Waals surface area contributed by atoms with Crippen molar-refractivity contribution in [3.63, 3.8) is 0 Å². The van der Waals surface area contributed by atoms with Crippen LogP contribution in [0.2, 0.25) is 0 Å². The van der Waals surface area contributed by atoms with Gasteiger partial charge in [-0.2, -0.15) is 0 Å². The van der Waals surface area contributed by atoms with Gasteiger partial charge in [0, 0.05) is 6.42 Å². The number of amides is 1. The summed E-state index contributed by atoms with van der Waals surface area (Å²) in [7, 11) is 0. The Morgan fingerprint density at radius 2 is 0.741 bits per heavy atom. The number of hydrogen-bond acceptors (Lipinski definition) is 8. The summed E-state index contributed by atoms with van der Waals surface area (Å²) in [5.41, 5.74) is 0. The van der Waals surface area contributed by atoms with Crippen molar-refractivity contribution < 1.29 is 39.8 Å². The maximum absolute atomic E-state index is 13.1. The zero-order valence-electron chi connectivity index (χ0n) is 55.4. The summed E-state index contributed by atoms with van der Waals surface area (Å²) in [5.74, 6) is -0.188. The molecule has 0 saturated carbocycles. The molecule has 0 aromatic heterocycles. The molecule has 1 aliphatic rings. The second-order valence-electron chi connectivity index (χ2n) is 25.0. The fraction of sp³-hybridized carbons (Fsp3) is 0.803. The molecule has 0 spiro atoms. The lowest BCUT2D eigenvalue weighted by molar-refractivity contribution is -0.302. The van der Waals surface area contributed by atoms with E-state index in [4.69, 9.17) is 9.47 Å². The number of carbonyl (C=O) groups excluding carboxylic acids is 1. The fourth-order valence-electron chi connectivity index (χ4n) is 11.3. The molecular formula is C76H137NO8. The van der Waals surface area contributed by atoms with Crippen LogP contribution in [0.3, 0.4) is 0 Å². The maximum Gasteiger partial charge on any atom is 0.220 e. The van der Waals surface area contributed by atoms with Crippen LogP contribution in [0.1, 0.15) is 335 Å². The van der Waals surface area contributed by atoms with Crippen molar-refractivity contribution in [3.05, 3.63) is 85.1 Å². The van der Waals surface area contributed by atoms with Crippen molar-refractivity contribution in [2.75, 3.05) is 13.2 Å². The van der Waals surface area contributed by atoms with Crippen LogP contribution in [0.4, 0.5) is 0 Å². The topological polar surface area (TPSA) is 149 Å². The predicted octanol–water partition coefficient (Wildman–Crippen LogP) is 20.1. The number of rotatable bonds is 63. The van der Waals surface area contributed by atoms with E-state index in [1.54, 1.807) is 6.08 Å². The van der Waals surface area contributed by atoms with Crippen molar-refractivity contribution in [2.45, 2.75) is 378 Å². The van der Waals surface area contributed by atoms with Gasteiger partial charge < -0.3 is 40.3 Å². The molecule has 494 valence electrons. The monoisotopic (exact) mass is 1190 g/mol. The molecule has 9 nitrogen and oxygen atoms in total. The van der Waals surface area contributed by atoms with E-state index >= 15 is 0 Å². The average Bonchev–Trinajstić information content (AvgIpc) is 3.54. The summed E-state index contributed by atoms with van der Waals surface area (Å²) in [6.45, 7) is 3.69. The molecule has 0 aliphatic carbocycles. The van der Waals surface area contributed by atoms with Crippen molar-refractivity contribution in [3.8, 4) is 0 Å². The Hall–Kier alpha value is -2.63. The molecule has 7 atom stereocenters. The van der Waals surface area contributed by atoms with Crippen LogP contribution < -0.4 is 5.32 Å². The molecule has 1 saturated heterocycles. The van der Waals surface area contributed by atoms with Crippen LogP contribution in [-0.2, 0) is 14.3 Å². The van der Waals surface area contributed by atoms with Crippen LogP contribution in [0.5, 0.6) is 0 Å². The normalized spacial score (nSPS) is 18.6. The van der Waals surface area contributed by atoms with Gasteiger partial charge in [-0.1, -0.05) is 330 Å². The summed E-state index contributed by atoms with van der Waals surface area (Å²) in [4.78, 5) is 13.1. The maximum atomic E-state index is 13.1.